The Balaban J connectivity index is 3.27. The van der Waals surface area contributed by atoms with Crippen molar-refractivity contribution in [2.24, 2.45) is 5.92 Å². The molecule has 0 spiro atoms. The fourth-order valence-corrected chi connectivity index (χ4v) is 1.33. The fourth-order valence-electron chi connectivity index (χ4n) is 1.14. The molecule has 2 nitrogen and oxygen atoms in total. The summed E-state index contributed by atoms with van der Waals surface area (Å²) >= 11 is 5.54. The summed E-state index contributed by atoms with van der Waals surface area (Å²) in [6.07, 6.45) is 6.38. The van der Waals surface area contributed by atoms with Crippen molar-refractivity contribution in [1.82, 2.24) is 0 Å². The Hall–Kier alpha value is -0.500. The number of alkyl halides is 1. The number of esters is 1. The van der Waals surface area contributed by atoms with E-state index in [1.54, 1.807) is 6.08 Å². The van der Waals surface area contributed by atoms with Crippen molar-refractivity contribution < 1.29 is 9.53 Å². The third-order valence-electron chi connectivity index (χ3n) is 2.18. The average Bonchev–Trinajstić information content (AvgIpc) is 2.23. The van der Waals surface area contributed by atoms with Crippen molar-refractivity contribution in [3.8, 4) is 0 Å². The van der Waals surface area contributed by atoms with Gasteiger partial charge >= 0.3 is 5.97 Å². The van der Waals surface area contributed by atoms with Crippen molar-refractivity contribution in [2.45, 2.75) is 39.0 Å². The number of rotatable bonds is 9. The normalized spacial score (nSPS) is 12.1. The molecule has 0 bridgehead atoms. The van der Waals surface area contributed by atoms with Gasteiger partial charge in [-0.15, -0.1) is 18.2 Å². The molecule has 0 rings (SSSR count). The van der Waals surface area contributed by atoms with E-state index in [1.807, 2.05) is 6.92 Å². The summed E-state index contributed by atoms with van der Waals surface area (Å²) in [5, 5.41) is 0. The second kappa shape index (κ2) is 10.0. The van der Waals surface area contributed by atoms with E-state index in [2.05, 4.69) is 6.58 Å². The van der Waals surface area contributed by atoms with Gasteiger partial charge in [-0.2, -0.15) is 0 Å². The molecule has 0 fully saturated rings. The molecular formula is C12H21ClO2. The van der Waals surface area contributed by atoms with Gasteiger partial charge in [0.15, 0.2) is 0 Å². The van der Waals surface area contributed by atoms with Gasteiger partial charge in [0.05, 0.1) is 13.0 Å². The third-order valence-corrected chi connectivity index (χ3v) is 2.45. The van der Waals surface area contributed by atoms with Crippen LogP contribution < -0.4 is 0 Å². The summed E-state index contributed by atoms with van der Waals surface area (Å²) in [4.78, 5) is 11.2. The maximum atomic E-state index is 11.2. The van der Waals surface area contributed by atoms with E-state index in [0.29, 0.717) is 13.0 Å². The van der Waals surface area contributed by atoms with E-state index in [9.17, 15) is 4.79 Å². The summed E-state index contributed by atoms with van der Waals surface area (Å²) in [5.41, 5.74) is 0. The highest BCUT2D eigenvalue weighted by atomic mass is 35.5. The number of carbonyl (C=O) groups is 1. The van der Waals surface area contributed by atoms with E-state index in [1.165, 1.54) is 0 Å². The summed E-state index contributed by atoms with van der Waals surface area (Å²) in [7, 11) is 0. The van der Waals surface area contributed by atoms with Crippen molar-refractivity contribution >= 4 is 17.6 Å². The molecule has 0 saturated carbocycles. The van der Waals surface area contributed by atoms with Gasteiger partial charge in [0.25, 0.3) is 0 Å². The Morgan fingerprint density at radius 1 is 1.40 bits per heavy atom. The number of allylic oxidation sites excluding steroid dienone is 1. The van der Waals surface area contributed by atoms with E-state index in [4.69, 9.17) is 16.3 Å². The Morgan fingerprint density at radius 3 is 2.67 bits per heavy atom. The topological polar surface area (TPSA) is 26.3 Å². The van der Waals surface area contributed by atoms with Gasteiger partial charge in [-0.25, -0.2) is 0 Å². The Bertz CT molecular complexity index is 180. The summed E-state index contributed by atoms with van der Waals surface area (Å²) < 4.78 is 5.08. The quantitative estimate of drug-likeness (QED) is 0.263. The van der Waals surface area contributed by atoms with Gasteiger partial charge in [-0.1, -0.05) is 25.8 Å². The maximum Gasteiger partial charge on any atom is 0.306 e. The molecule has 88 valence electrons. The number of hydrogen-bond donors (Lipinski definition) is 0. The lowest BCUT2D eigenvalue weighted by Crippen LogP contribution is -2.09. The molecule has 0 aromatic rings. The minimum absolute atomic E-state index is 0.125. The summed E-state index contributed by atoms with van der Waals surface area (Å²) in [6.45, 7) is 6.11. The zero-order valence-corrected chi connectivity index (χ0v) is 10.3. The predicted octanol–water partition coefficient (Wildman–Crippen LogP) is 3.54. The molecule has 0 radical (unpaired) electrons. The van der Waals surface area contributed by atoms with E-state index in [-0.39, 0.29) is 11.9 Å². The number of unbranched alkanes of at least 4 members (excludes halogenated alkanes) is 3. The first-order valence-corrected chi connectivity index (χ1v) is 6.08. The van der Waals surface area contributed by atoms with Crippen LogP contribution in [0.3, 0.4) is 0 Å². The van der Waals surface area contributed by atoms with E-state index >= 15 is 0 Å². The first kappa shape index (κ1) is 14.5. The minimum Gasteiger partial charge on any atom is -0.466 e. The maximum absolute atomic E-state index is 11.2. The zero-order valence-electron chi connectivity index (χ0n) is 9.51. The first-order valence-electron chi connectivity index (χ1n) is 5.54. The van der Waals surface area contributed by atoms with Crippen LogP contribution in [0.5, 0.6) is 0 Å². The van der Waals surface area contributed by atoms with Crippen LogP contribution >= 0.6 is 11.6 Å². The van der Waals surface area contributed by atoms with Crippen molar-refractivity contribution in [3.05, 3.63) is 12.7 Å². The van der Waals surface area contributed by atoms with Gasteiger partial charge in [0.2, 0.25) is 0 Å². The van der Waals surface area contributed by atoms with Crippen LogP contribution in [0.1, 0.15) is 39.0 Å². The number of carbonyl (C=O) groups excluding carboxylic acids is 1. The lowest BCUT2D eigenvalue weighted by Gasteiger charge is -2.06. The molecule has 3 heteroatoms. The monoisotopic (exact) mass is 232 g/mol. The molecule has 1 atom stereocenters. The van der Waals surface area contributed by atoms with Crippen LogP contribution in [-0.4, -0.2) is 18.5 Å². The summed E-state index contributed by atoms with van der Waals surface area (Å²) in [5.74, 6) is 0.796. The van der Waals surface area contributed by atoms with Crippen LogP contribution in [0.4, 0.5) is 0 Å². The second-order valence-electron chi connectivity index (χ2n) is 3.74. The molecule has 0 amide bonds. The predicted molar refractivity (Wildman–Crippen MR) is 64.1 cm³/mol. The largest absolute Gasteiger partial charge is 0.466 e. The molecule has 0 aromatic carbocycles. The Kier molecular flexibility index (Phi) is 9.70. The van der Waals surface area contributed by atoms with Crippen LogP contribution in [0.15, 0.2) is 12.7 Å². The fraction of sp³-hybridized carbons (Fsp3) is 0.750. The first-order chi connectivity index (χ1) is 7.20. The van der Waals surface area contributed by atoms with Crippen molar-refractivity contribution in [3.63, 3.8) is 0 Å². The van der Waals surface area contributed by atoms with E-state index in [0.717, 1.165) is 31.6 Å². The molecular weight excluding hydrogens is 212 g/mol. The lowest BCUT2D eigenvalue weighted by atomic mass is 10.1. The highest BCUT2D eigenvalue weighted by Crippen LogP contribution is 2.05. The van der Waals surface area contributed by atoms with Gasteiger partial charge in [-0.05, 0) is 18.8 Å². The smallest absolute Gasteiger partial charge is 0.306 e. The number of ether oxygens (including phenoxy) is 1. The van der Waals surface area contributed by atoms with Crippen LogP contribution in [0.25, 0.3) is 0 Å². The molecule has 0 aliphatic heterocycles. The molecule has 0 heterocycles. The van der Waals surface area contributed by atoms with Crippen molar-refractivity contribution in [2.75, 3.05) is 12.5 Å². The highest BCUT2D eigenvalue weighted by molar-refractivity contribution is 6.17. The standard InChI is InChI=1S/C12H21ClO2/c1-3-11(2)10-12(14)15-9-7-5-4-6-8-13/h3,11H,1,4-10H2,2H3. The minimum atomic E-state index is -0.125. The number of hydrogen-bond acceptors (Lipinski definition) is 2. The molecule has 0 saturated heterocycles. The van der Waals surface area contributed by atoms with E-state index < -0.39 is 0 Å². The molecule has 1 unspecified atom stereocenters. The molecule has 15 heavy (non-hydrogen) atoms. The molecule has 0 N–H and O–H groups in total. The molecule has 0 aliphatic rings. The van der Waals surface area contributed by atoms with Gasteiger partial charge < -0.3 is 4.74 Å². The van der Waals surface area contributed by atoms with Gasteiger partial charge in [0.1, 0.15) is 0 Å². The number of halogens is 1. The average molecular weight is 233 g/mol. The van der Waals surface area contributed by atoms with Crippen molar-refractivity contribution in [1.29, 1.82) is 0 Å². The third kappa shape index (κ3) is 9.80. The molecule has 0 aromatic heterocycles. The molecule has 0 aliphatic carbocycles. The van der Waals surface area contributed by atoms with Gasteiger partial charge in [0, 0.05) is 5.88 Å². The zero-order chi connectivity index (χ0) is 11.5. The SMILES string of the molecule is C=CC(C)CC(=O)OCCCCCCCl. The van der Waals surface area contributed by atoms with Crippen LogP contribution in [0.2, 0.25) is 0 Å². The second-order valence-corrected chi connectivity index (χ2v) is 4.12. The highest BCUT2D eigenvalue weighted by Gasteiger charge is 2.06. The van der Waals surface area contributed by atoms with Gasteiger partial charge in [-0.3, -0.25) is 4.79 Å². The lowest BCUT2D eigenvalue weighted by molar-refractivity contribution is -0.144. The van der Waals surface area contributed by atoms with Crippen LogP contribution in [0, 0.1) is 5.92 Å². The summed E-state index contributed by atoms with van der Waals surface area (Å²) in [6, 6.07) is 0. The van der Waals surface area contributed by atoms with Crippen LogP contribution in [-0.2, 0) is 9.53 Å². The Morgan fingerprint density at radius 2 is 2.07 bits per heavy atom. The Labute approximate surface area is 97.6 Å².